The molecular weight excluding hydrogens is 528 g/mol. The molecule has 4 aliphatic carbocycles. The Morgan fingerprint density at radius 1 is 1.02 bits per heavy atom. The van der Waals surface area contributed by atoms with Gasteiger partial charge in [0.25, 0.3) is 10.1 Å². The molecule has 0 N–H and O–H groups in total. The summed E-state index contributed by atoms with van der Waals surface area (Å²) in [6, 6.07) is 6.81. The van der Waals surface area contributed by atoms with Crippen molar-refractivity contribution in [2.45, 2.75) is 96.0 Å². The predicted molar refractivity (Wildman–Crippen MR) is 150 cm³/mol. The first-order valence-corrected chi connectivity index (χ1v) is 16.1. The van der Waals surface area contributed by atoms with E-state index in [1.807, 2.05) is 13.8 Å². The van der Waals surface area contributed by atoms with Crippen LogP contribution >= 0.6 is 0 Å². The molecule has 5 aliphatic rings. The summed E-state index contributed by atoms with van der Waals surface area (Å²) in [5.74, 6) is -0.256. The van der Waals surface area contributed by atoms with Crippen molar-refractivity contribution in [2.75, 3.05) is 13.2 Å². The molecule has 218 valence electrons. The molecule has 0 aromatic heterocycles. The minimum absolute atomic E-state index is 0.0668. The van der Waals surface area contributed by atoms with Crippen LogP contribution in [0.1, 0.15) is 71.8 Å². The third kappa shape index (κ3) is 4.41. The fourth-order valence-corrected chi connectivity index (χ4v) is 9.92. The van der Waals surface area contributed by atoms with E-state index in [0.29, 0.717) is 37.9 Å². The number of hydrogen-bond donors (Lipinski definition) is 0. The summed E-state index contributed by atoms with van der Waals surface area (Å²) in [6.07, 6.45) is 8.66. The van der Waals surface area contributed by atoms with Crippen molar-refractivity contribution in [3.63, 3.8) is 0 Å². The molecule has 1 aliphatic heterocycles. The van der Waals surface area contributed by atoms with Gasteiger partial charge in [-0.05, 0) is 81.8 Å². The Balaban J connectivity index is 1.27. The van der Waals surface area contributed by atoms with Crippen molar-refractivity contribution in [1.82, 2.24) is 0 Å². The topological polar surface area (TPSA) is 88.1 Å². The van der Waals surface area contributed by atoms with Crippen molar-refractivity contribution in [1.29, 1.82) is 0 Å². The number of benzene rings is 1. The molecule has 40 heavy (non-hydrogen) atoms. The van der Waals surface area contributed by atoms with Gasteiger partial charge in [-0.25, -0.2) is 0 Å². The van der Waals surface area contributed by atoms with E-state index in [9.17, 15) is 13.2 Å². The standard InChI is InChI=1S/C32H42O7S/c1-20-6-9-24(10-7-20)40(34,35)39-23-14-15-30(3)22(18-23)8-11-25-26-12-13-28(32(5)36-16-17-37-32)31(26,4)29(19-27(25)30)38-21(2)33/h6-10,12,23,25,27-29H,11,13-19H2,1-5H3/t23-,25?,27?,28?,29+,30-,31-/m0/s1. The Labute approximate surface area is 238 Å². The molecule has 0 bridgehead atoms. The van der Waals surface area contributed by atoms with Crippen LogP contribution in [0.3, 0.4) is 0 Å². The largest absolute Gasteiger partial charge is 0.462 e. The molecular formula is C32H42O7S. The first-order chi connectivity index (χ1) is 18.9. The number of rotatable bonds is 5. The van der Waals surface area contributed by atoms with Gasteiger partial charge in [-0.15, -0.1) is 0 Å². The molecule has 8 heteroatoms. The zero-order valence-corrected chi connectivity index (χ0v) is 25.1. The lowest BCUT2D eigenvalue weighted by molar-refractivity contribution is -0.223. The van der Waals surface area contributed by atoms with Crippen molar-refractivity contribution >= 4 is 16.1 Å². The van der Waals surface area contributed by atoms with Crippen LogP contribution in [0.2, 0.25) is 0 Å². The maximum absolute atomic E-state index is 13.0. The van der Waals surface area contributed by atoms with Gasteiger partial charge in [0.05, 0.1) is 24.2 Å². The fraction of sp³-hybridized carbons (Fsp3) is 0.656. The first-order valence-electron chi connectivity index (χ1n) is 14.7. The highest BCUT2D eigenvalue weighted by atomic mass is 32.2. The Bertz CT molecular complexity index is 1340. The maximum Gasteiger partial charge on any atom is 0.302 e. The summed E-state index contributed by atoms with van der Waals surface area (Å²) in [5.41, 5.74) is 3.18. The van der Waals surface area contributed by atoms with Gasteiger partial charge in [-0.1, -0.05) is 54.8 Å². The Hall–Kier alpha value is -2.00. The van der Waals surface area contributed by atoms with E-state index < -0.39 is 15.9 Å². The van der Waals surface area contributed by atoms with Crippen LogP contribution in [0.4, 0.5) is 0 Å². The third-order valence-corrected chi connectivity index (χ3v) is 12.3. The first kappa shape index (κ1) is 28.1. The molecule has 3 fully saturated rings. The highest BCUT2D eigenvalue weighted by molar-refractivity contribution is 7.86. The lowest BCUT2D eigenvalue weighted by Gasteiger charge is -2.59. The third-order valence-electron chi connectivity index (χ3n) is 10.9. The lowest BCUT2D eigenvalue weighted by Crippen LogP contribution is -2.58. The average Bonchev–Trinajstić information content (AvgIpc) is 3.49. The fourth-order valence-electron chi connectivity index (χ4n) is 8.82. The molecule has 7 nitrogen and oxygen atoms in total. The molecule has 2 saturated carbocycles. The van der Waals surface area contributed by atoms with Gasteiger partial charge in [0, 0.05) is 18.3 Å². The number of fused-ring (bicyclic) bond motifs is 5. The number of hydrogen-bond acceptors (Lipinski definition) is 7. The second-order valence-corrected chi connectivity index (χ2v) is 14.7. The zero-order chi connectivity index (χ0) is 28.5. The average molecular weight is 571 g/mol. The minimum Gasteiger partial charge on any atom is -0.462 e. The number of carbonyl (C=O) groups is 1. The van der Waals surface area contributed by atoms with Crippen LogP contribution in [0.5, 0.6) is 0 Å². The summed E-state index contributed by atoms with van der Waals surface area (Å²) in [6.45, 7) is 11.2. The number of allylic oxidation sites excluding steroid dienone is 2. The Kier molecular flexibility index (Phi) is 6.88. The molecule has 1 aromatic rings. The summed E-state index contributed by atoms with van der Waals surface area (Å²) >= 11 is 0. The molecule has 1 heterocycles. The van der Waals surface area contributed by atoms with E-state index in [1.165, 1.54) is 18.1 Å². The lowest BCUT2D eigenvalue weighted by atomic mass is 9.47. The highest BCUT2D eigenvalue weighted by Gasteiger charge is 2.64. The van der Waals surface area contributed by atoms with E-state index in [1.54, 1.807) is 24.3 Å². The van der Waals surface area contributed by atoms with E-state index in [0.717, 1.165) is 31.2 Å². The zero-order valence-electron chi connectivity index (χ0n) is 24.3. The number of aryl methyl sites for hydroxylation is 1. The van der Waals surface area contributed by atoms with Crippen LogP contribution in [0.25, 0.3) is 0 Å². The second kappa shape index (κ2) is 9.79. The van der Waals surface area contributed by atoms with Crippen LogP contribution in [0.15, 0.2) is 52.5 Å². The van der Waals surface area contributed by atoms with Gasteiger partial charge in [0.1, 0.15) is 6.10 Å². The minimum atomic E-state index is -3.84. The maximum atomic E-state index is 13.0. The quantitative estimate of drug-likeness (QED) is 0.248. The van der Waals surface area contributed by atoms with Crippen molar-refractivity contribution in [3.05, 3.63) is 53.1 Å². The highest BCUT2D eigenvalue weighted by Crippen LogP contribution is 2.67. The molecule has 7 atom stereocenters. The SMILES string of the molecule is CC(=O)O[C@@H]1CC2C(CC=C3C[C@@H](OS(=O)(=O)c4ccc(C)cc4)CC[C@@]32C)C2=CCC(C3(C)OCCO3)[C@]21C. The summed E-state index contributed by atoms with van der Waals surface area (Å²) in [5, 5.41) is 0. The van der Waals surface area contributed by atoms with Crippen LogP contribution < -0.4 is 0 Å². The van der Waals surface area contributed by atoms with E-state index in [4.69, 9.17) is 18.4 Å². The number of carbonyl (C=O) groups excluding carboxylic acids is 1. The smallest absolute Gasteiger partial charge is 0.302 e. The molecule has 0 amide bonds. The second-order valence-electron chi connectivity index (χ2n) is 13.1. The van der Waals surface area contributed by atoms with E-state index in [2.05, 4.69) is 26.0 Å². The summed E-state index contributed by atoms with van der Waals surface area (Å²) in [4.78, 5) is 12.6. The summed E-state index contributed by atoms with van der Waals surface area (Å²) in [7, 11) is -3.84. The van der Waals surface area contributed by atoms with Crippen molar-refractivity contribution < 1.29 is 31.6 Å². The van der Waals surface area contributed by atoms with Gasteiger partial charge >= 0.3 is 5.97 Å². The predicted octanol–water partition coefficient (Wildman–Crippen LogP) is 5.87. The van der Waals surface area contributed by atoms with E-state index >= 15 is 0 Å². The van der Waals surface area contributed by atoms with Gasteiger partial charge < -0.3 is 14.2 Å². The normalized spacial score (nSPS) is 38.5. The van der Waals surface area contributed by atoms with E-state index in [-0.39, 0.29) is 39.8 Å². The van der Waals surface area contributed by atoms with Crippen LogP contribution in [-0.4, -0.2) is 45.6 Å². The van der Waals surface area contributed by atoms with Gasteiger partial charge in [0.15, 0.2) is 5.79 Å². The Morgan fingerprint density at radius 3 is 2.40 bits per heavy atom. The van der Waals surface area contributed by atoms with Crippen molar-refractivity contribution in [2.24, 2.45) is 28.6 Å². The summed E-state index contributed by atoms with van der Waals surface area (Å²) < 4.78 is 50.3. The van der Waals surface area contributed by atoms with Gasteiger partial charge in [-0.2, -0.15) is 8.42 Å². The van der Waals surface area contributed by atoms with Crippen LogP contribution in [-0.2, 0) is 33.3 Å². The molecule has 6 rings (SSSR count). The monoisotopic (exact) mass is 570 g/mol. The number of esters is 1. The van der Waals surface area contributed by atoms with Gasteiger partial charge in [-0.3, -0.25) is 8.98 Å². The molecule has 3 unspecified atom stereocenters. The number of ether oxygens (including phenoxy) is 3. The molecule has 1 saturated heterocycles. The Morgan fingerprint density at radius 2 is 1.73 bits per heavy atom. The molecule has 1 aromatic carbocycles. The van der Waals surface area contributed by atoms with Gasteiger partial charge in [0.2, 0.25) is 0 Å². The molecule has 0 radical (unpaired) electrons. The molecule has 0 spiro atoms. The van der Waals surface area contributed by atoms with Crippen LogP contribution in [0, 0.1) is 35.5 Å². The van der Waals surface area contributed by atoms with Crippen molar-refractivity contribution in [3.8, 4) is 0 Å².